The van der Waals surface area contributed by atoms with Gasteiger partial charge < -0.3 is 10.8 Å². The molecular formula is C13H16N2O3S2. The van der Waals surface area contributed by atoms with Gasteiger partial charge >= 0.3 is 0 Å². The maximum Gasteiger partial charge on any atom is 0.240 e. The first-order valence-corrected chi connectivity index (χ1v) is 8.38. The Kier molecular flexibility index (Phi) is 4.44. The molecule has 0 bridgehead atoms. The van der Waals surface area contributed by atoms with E-state index in [4.69, 9.17) is 5.73 Å². The smallest absolute Gasteiger partial charge is 0.240 e. The molecule has 1 heterocycles. The highest BCUT2D eigenvalue weighted by Crippen LogP contribution is 2.18. The van der Waals surface area contributed by atoms with Gasteiger partial charge in [0, 0.05) is 12.2 Å². The molecule has 0 amide bonds. The van der Waals surface area contributed by atoms with E-state index in [1.807, 2.05) is 5.38 Å². The molecule has 1 atom stereocenters. The quantitative estimate of drug-likeness (QED) is 0.732. The van der Waals surface area contributed by atoms with Crippen molar-refractivity contribution >= 4 is 27.0 Å². The third-order valence-corrected chi connectivity index (χ3v) is 4.88. The fourth-order valence-electron chi connectivity index (χ4n) is 1.79. The van der Waals surface area contributed by atoms with Crippen LogP contribution in [0.2, 0.25) is 0 Å². The first kappa shape index (κ1) is 15.0. The van der Waals surface area contributed by atoms with Crippen LogP contribution in [0.3, 0.4) is 0 Å². The van der Waals surface area contributed by atoms with Crippen LogP contribution in [0.1, 0.15) is 17.2 Å². The molecule has 1 aromatic carbocycles. The van der Waals surface area contributed by atoms with Gasteiger partial charge in [0.2, 0.25) is 10.0 Å². The minimum Gasteiger partial charge on any atom is -0.399 e. The van der Waals surface area contributed by atoms with E-state index in [1.165, 1.54) is 23.5 Å². The predicted octanol–water partition coefficient (Wildman–Crippen LogP) is 1.65. The van der Waals surface area contributed by atoms with Crippen molar-refractivity contribution in [3.05, 3.63) is 46.2 Å². The van der Waals surface area contributed by atoms with Gasteiger partial charge in [0.15, 0.2) is 0 Å². The normalized spacial score (nSPS) is 13.3. The number of hydrogen-bond acceptors (Lipinski definition) is 5. The second kappa shape index (κ2) is 5.92. The molecule has 0 saturated carbocycles. The third kappa shape index (κ3) is 3.57. The Morgan fingerprint density at radius 3 is 2.75 bits per heavy atom. The number of aryl methyl sites for hydroxylation is 1. The minimum atomic E-state index is -3.68. The molecule has 108 valence electrons. The summed E-state index contributed by atoms with van der Waals surface area (Å²) in [6, 6.07) is 6.38. The van der Waals surface area contributed by atoms with Crippen molar-refractivity contribution in [3.8, 4) is 0 Å². The Labute approximate surface area is 122 Å². The molecule has 0 aliphatic heterocycles. The van der Waals surface area contributed by atoms with Crippen LogP contribution in [0, 0.1) is 6.92 Å². The number of nitrogens with two attached hydrogens (primary N) is 1. The molecule has 1 unspecified atom stereocenters. The van der Waals surface area contributed by atoms with Gasteiger partial charge in [-0.05, 0) is 53.1 Å². The summed E-state index contributed by atoms with van der Waals surface area (Å²) in [5.41, 5.74) is 7.50. The molecule has 0 radical (unpaired) electrons. The second-order valence-corrected chi connectivity index (χ2v) is 7.05. The fraction of sp³-hybridized carbons (Fsp3) is 0.231. The summed E-state index contributed by atoms with van der Waals surface area (Å²) < 4.78 is 26.7. The average Bonchev–Trinajstić information content (AvgIpc) is 2.88. The maximum absolute atomic E-state index is 12.1. The number of sulfonamides is 1. The Hall–Kier alpha value is -1.41. The lowest BCUT2D eigenvalue weighted by Gasteiger charge is -2.12. The number of nitrogens with one attached hydrogen (secondary N) is 1. The van der Waals surface area contributed by atoms with Gasteiger partial charge in [-0.1, -0.05) is 0 Å². The first-order chi connectivity index (χ1) is 9.38. The predicted molar refractivity (Wildman–Crippen MR) is 80.1 cm³/mol. The molecule has 4 N–H and O–H groups in total. The van der Waals surface area contributed by atoms with Crippen LogP contribution in [-0.2, 0) is 10.0 Å². The summed E-state index contributed by atoms with van der Waals surface area (Å²) >= 11 is 1.45. The number of hydrogen-bond donors (Lipinski definition) is 3. The van der Waals surface area contributed by atoms with E-state index < -0.39 is 16.1 Å². The highest BCUT2D eigenvalue weighted by molar-refractivity contribution is 7.89. The summed E-state index contributed by atoms with van der Waals surface area (Å²) in [5.74, 6) is 0. The van der Waals surface area contributed by atoms with Gasteiger partial charge in [-0.3, -0.25) is 0 Å². The highest BCUT2D eigenvalue weighted by Gasteiger charge is 2.17. The van der Waals surface area contributed by atoms with Crippen LogP contribution < -0.4 is 10.5 Å². The zero-order valence-electron chi connectivity index (χ0n) is 10.9. The SMILES string of the molecule is Cc1cc(N)cc(S(=O)(=O)NCC(O)c2ccsc2)c1. The van der Waals surface area contributed by atoms with Gasteiger partial charge in [-0.15, -0.1) is 0 Å². The Morgan fingerprint density at radius 1 is 1.40 bits per heavy atom. The lowest BCUT2D eigenvalue weighted by molar-refractivity contribution is 0.182. The molecule has 2 aromatic rings. The van der Waals surface area contributed by atoms with Crippen molar-refractivity contribution in [1.82, 2.24) is 4.72 Å². The summed E-state index contributed by atoms with van der Waals surface area (Å²) in [6.07, 6.45) is -0.863. The summed E-state index contributed by atoms with van der Waals surface area (Å²) in [7, 11) is -3.68. The molecule has 1 aromatic heterocycles. The lowest BCUT2D eigenvalue weighted by Crippen LogP contribution is -2.28. The summed E-state index contributed by atoms with van der Waals surface area (Å²) in [6.45, 7) is 1.70. The van der Waals surface area contributed by atoms with Crippen LogP contribution in [0.25, 0.3) is 0 Å². The molecule has 0 fully saturated rings. The monoisotopic (exact) mass is 312 g/mol. The molecular weight excluding hydrogens is 296 g/mol. The van der Waals surface area contributed by atoms with E-state index in [1.54, 1.807) is 24.4 Å². The average molecular weight is 312 g/mol. The van der Waals surface area contributed by atoms with E-state index >= 15 is 0 Å². The minimum absolute atomic E-state index is 0.0765. The number of thiophene rings is 1. The van der Waals surface area contributed by atoms with E-state index in [2.05, 4.69) is 4.72 Å². The third-order valence-electron chi connectivity index (χ3n) is 2.78. The number of benzene rings is 1. The van der Waals surface area contributed by atoms with E-state index in [9.17, 15) is 13.5 Å². The van der Waals surface area contributed by atoms with Crippen molar-refractivity contribution in [2.45, 2.75) is 17.9 Å². The van der Waals surface area contributed by atoms with Gasteiger partial charge in [0.25, 0.3) is 0 Å². The van der Waals surface area contributed by atoms with Gasteiger partial charge in [-0.2, -0.15) is 11.3 Å². The van der Waals surface area contributed by atoms with Crippen LogP contribution >= 0.6 is 11.3 Å². The van der Waals surface area contributed by atoms with E-state index in [0.717, 1.165) is 5.56 Å². The summed E-state index contributed by atoms with van der Waals surface area (Å²) in [5, 5.41) is 13.5. The second-order valence-electron chi connectivity index (χ2n) is 4.50. The molecule has 2 rings (SSSR count). The standard InChI is InChI=1S/C13H16N2O3S2/c1-9-4-11(14)6-12(5-9)20(17,18)15-7-13(16)10-2-3-19-8-10/h2-6,8,13,15-16H,7,14H2,1H3. The zero-order chi connectivity index (χ0) is 14.8. The fourth-order valence-corrected chi connectivity index (χ4v) is 3.67. The van der Waals surface area contributed by atoms with Crippen LogP contribution in [0.15, 0.2) is 39.9 Å². The van der Waals surface area contributed by atoms with Crippen LogP contribution in [0.5, 0.6) is 0 Å². The van der Waals surface area contributed by atoms with Crippen molar-refractivity contribution < 1.29 is 13.5 Å². The van der Waals surface area contributed by atoms with Crippen molar-refractivity contribution in [2.75, 3.05) is 12.3 Å². The maximum atomic E-state index is 12.1. The number of aliphatic hydroxyl groups is 1. The first-order valence-electron chi connectivity index (χ1n) is 5.95. The zero-order valence-corrected chi connectivity index (χ0v) is 12.5. The molecule has 5 nitrogen and oxygen atoms in total. The van der Waals surface area contributed by atoms with Gasteiger partial charge in [0.1, 0.15) is 0 Å². The van der Waals surface area contributed by atoms with Crippen molar-refractivity contribution in [2.24, 2.45) is 0 Å². The molecule has 7 heteroatoms. The molecule has 0 aliphatic rings. The van der Waals surface area contributed by atoms with Gasteiger partial charge in [-0.25, -0.2) is 13.1 Å². The topological polar surface area (TPSA) is 92.4 Å². The van der Waals surface area contributed by atoms with Crippen LogP contribution in [0.4, 0.5) is 5.69 Å². The van der Waals surface area contributed by atoms with Crippen molar-refractivity contribution in [1.29, 1.82) is 0 Å². The molecule has 0 aliphatic carbocycles. The number of rotatable bonds is 5. The van der Waals surface area contributed by atoms with E-state index in [0.29, 0.717) is 11.3 Å². The largest absolute Gasteiger partial charge is 0.399 e. The number of nitrogen functional groups attached to an aromatic ring is 1. The number of anilines is 1. The summed E-state index contributed by atoms with van der Waals surface area (Å²) in [4.78, 5) is 0.104. The Balaban J connectivity index is 2.11. The van der Waals surface area contributed by atoms with Crippen molar-refractivity contribution in [3.63, 3.8) is 0 Å². The van der Waals surface area contributed by atoms with Gasteiger partial charge in [0.05, 0.1) is 11.0 Å². The molecule has 20 heavy (non-hydrogen) atoms. The number of aliphatic hydroxyl groups excluding tert-OH is 1. The van der Waals surface area contributed by atoms with Crippen LogP contribution in [-0.4, -0.2) is 20.1 Å². The Bertz CT molecular complexity index is 661. The Morgan fingerprint density at radius 2 is 2.15 bits per heavy atom. The molecule has 0 saturated heterocycles. The lowest BCUT2D eigenvalue weighted by atomic mass is 10.2. The molecule has 0 spiro atoms. The van der Waals surface area contributed by atoms with E-state index in [-0.39, 0.29) is 11.4 Å². The highest BCUT2D eigenvalue weighted by atomic mass is 32.2.